The van der Waals surface area contributed by atoms with E-state index in [4.69, 9.17) is 9.47 Å². The predicted molar refractivity (Wildman–Crippen MR) is 100 cm³/mol. The number of ether oxygens (including phenoxy) is 2. The zero-order valence-corrected chi connectivity index (χ0v) is 15.7. The van der Waals surface area contributed by atoms with Gasteiger partial charge in [0.1, 0.15) is 18.5 Å². The van der Waals surface area contributed by atoms with E-state index < -0.39 is 6.10 Å². The summed E-state index contributed by atoms with van der Waals surface area (Å²) in [5.41, 5.74) is 1.26. The molecule has 2 N–H and O–H groups in total. The highest BCUT2D eigenvalue weighted by Crippen LogP contribution is 2.26. The summed E-state index contributed by atoms with van der Waals surface area (Å²) in [5, 5.41) is 13.0. The largest absolute Gasteiger partial charge is 0.491 e. The van der Waals surface area contributed by atoms with E-state index in [1.165, 1.54) is 24.8 Å². The van der Waals surface area contributed by atoms with Crippen LogP contribution in [0.3, 0.4) is 0 Å². The lowest BCUT2D eigenvalue weighted by Gasteiger charge is -2.24. The smallest absolute Gasteiger partial charge is 0.119 e. The normalized spacial score (nSPS) is 15.7. The van der Waals surface area contributed by atoms with E-state index in [1.54, 1.807) is 0 Å². The second-order valence-electron chi connectivity index (χ2n) is 6.79. The zero-order chi connectivity index (χ0) is 16.5. The molecule has 2 rings (SSSR count). The average molecular weight is 358 g/mol. The summed E-state index contributed by atoms with van der Waals surface area (Å²) in [6.07, 6.45) is 4.50. The fourth-order valence-electron chi connectivity index (χ4n) is 2.47. The van der Waals surface area contributed by atoms with E-state index in [1.807, 2.05) is 12.1 Å². The van der Waals surface area contributed by atoms with Crippen LogP contribution in [0.1, 0.15) is 38.7 Å². The fraction of sp³-hybridized carbons (Fsp3) is 0.684. The SMILES string of the molecule is CC(C)NCC(O)COc1ccc(CCOCC2CCC2)cc1.Cl. The van der Waals surface area contributed by atoms with Crippen molar-refractivity contribution in [1.29, 1.82) is 0 Å². The Balaban J connectivity index is 0.00000288. The van der Waals surface area contributed by atoms with Gasteiger partial charge in [0.05, 0.1) is 6.61 Å². The van der Waals surface area contributed by atoms with Crippen LogP contribution < -0.4 is 10.1 Å². The Hall–Kier alpha value is -0.810. The molecule has 0 aromatic heterocycles. The Morgan fingerprint density at radius 3 is 2.50 bits per heavy atom. The Kier molecular flexibility index (Phi) is 10.3. The molecule has 0 spiro atoms. The highest BCUT2D eigenvalue weighted by Gasteiger charge is 2.16. The zero-order valence-electron chi connectivity index (χ0n) is 14.9. The van der Waals surface area contributed by atoms with Crippen molar-refractivity contribution >= 4 is 12.4 Å². The molecule has 1 aliphatic carbocycles. The summed E-state index contributed by atoms with van der Waals surface area (Å²) in [4.78, 5) is 0. The minimum absolute atomic E-state index is 0. The Morgan fingerprint density at radius 1 is 1.21 bits per heavy atom. The first-order valence-electron chi connectivity index (χ1n) is 8.84. The highest BCUT2D eigenvalue weighted by atomic mass is 35.5. The van der Waals surface area contributed by atoms with Crippen LogP contribution in [0, 0.1) is 5.92 Å². The second-order valence-corrected chi connectivity index (χ2v) is 6.79. The molecule has 138 valence electrons. The van der Waals surface area contributed by atoms with Gasteiger partial charge in [0.2, 0.25) is 0 Å². The summed E-state index contributed by atoms with van der Waals surface area (Å²) in [5.74, 6) is 1.61. The van der Waals surface area contributed by atoms with Gasteiger partial charge in [-0.3, -0.25) is 0 Å². The Bertz CT molecular complexity index is 435. The molecule has 0 aliphatic heterocycles. The molecule has 4 nitrogen and oxygen atoms in total. The third kappa shape index (κ3) is 8.34. The van der Waals surface area contributed by atoms with E-state index in [0.29, 0.717) is 19.2 Å². The van der Waals surface area contributed by atoms with Crippen molar-refractivity contribution in [3.05, 3.63) is 29.8 Å². The minimum Gasteiger partial charge on any atom is -0.491 e. The summed E-state index contributed by atoms with van der Waals surface area (Å²) < 4.78 is 11.3. The van der Waals surface area contributed by atoms with Gasteiger partial charge in [0.25, 0.3) is 0 Å². The molecule has 0 saturated heterocycles. The molecule has 0 bridgehead atoms. The summed E-state index contributed by atoms with van der Waals surface area (Å²) in [7, 11) is 0. The quantitative estimate of drug-likeness (QED) is 0.597. The van der Waals surface area contributed by atoms with Gasteiger partial charge in [-0.25, -0.2) is 0 Å². The molecular formula is C19H32ClNO3. The maximum Gasteiger partial charge on any atom is 0.119 e. The third-order valence-corrected chi connectivity index (χ3v) is 4.24. The molecular weight excluding hydrogens is 326 g/mol. The van der Waals surface area contributed by atoms with Crippen LogP contribution in [-0.4, -0.2) is 43.6 Å². The molecule has 1 aromatic rings. The van der Waals surface area contributed by atoms with E-state index >= 15 is 0 Å². The first-order valence-corrected chi connectivity index (χ1v) is 8.84. The van der Waals surface area contributed by atoms with Crippen LogP contribution in [0.4, 0.5) is 0 Å². The Morgan fingerprint density at radius 2 is 1.92 bits per heavy atom. The van der Waals surface area contributed by atoms with Gasteiger partial charge in [-0.2, -0.15) is 0 Å². The number of nitrogens with one attached hydrogen (secondary N) is 1. The van der Waals surface area contributed by atoms with Crippen LogP contribution in [-0.2, 0) is 11.2 Å². The molecule has 1 aromatic carbocycles. The van der Waals surface area contributed by atoms with Crippen molar-refractivity contribution in [3.8, 4) is 5.75 Å². The molecule has 0 radical (unpaired) electrons. The van der Waals surface area contributed by atoms with Crippen molar-refractivity contribution < 1.29 is 14.6 Å². The van der Waals surface area contributed by atoms with Gasteiger partial charge in [0.15, 0.2) is 0 Å². The van der Waals surface area contributed by atoms with Gasteiger partial charge in [-0.15, -0.1) is 12.4 Å². The number of aliphatic hydroxyl groups is 1. The van der Waals surface area contributed by atoms with Gasteiger partial charge in [-0.1, -0.05) is 32.4 Å². The molecule has 1 aliphatic rings. The van der Waals surface area contributed by atoms with Crippen LogP contribution in [0.15, 0.2) is 24.3 Å². The fourth-order valence-corrected chi connectivity index (χ4v) is 2.47. The molecule has 1 saturated carbocycles. The topological polar surface area (TPSA) is 50.7 Å². The van der Waals surface area contributed by atoms with E-state index in [0.717, 1.165) is 31.3 Å². The number of rotatable bonds is 11. The van der Waals surface area contributed by atoms with Gasteiger partial charge in [0, 0.05) is 19.2 Å². The summed E-state index contributed by atoms with van der Waals surface area (Å²) in [6, 6.07) is 8.44. The van der Waals surface area contributed by atoms with Crippen LogP contribution in [0.25, 0.3) is 0 Å². The molecule has 24 heavy (non-hydrogen) atoms. The molecule has 1 atom stereocenters. The van der Waals surface area contributed by atoms with Crippen molar-refractivity contribution in [2.45, 2.75) is 51.7 Å². The molecule has 0 amide bonds. The van der Waals surface area contributed by atoms with Crippen LogP contribution >= 0.6 is 12.4 Å². The van der Waals surface area contributed by atoms with Crippen molar-refractivity contribution in [3.63, 3.8) is 0 Å². The summed E-state index contributed by atoms with van der Waals surface area (Å²) >= 11 is 0. The monoisotopic (exact) mass is 357 g/mol. The predicted octanol–water partition coefficient (Wildman–Crippen LogP) is 3.21. The molecule has 1 unspecified atom stereocenters. The molecule has 1 fully saturated rings. The van der Waals surface area contributed by atoms with Crippen LogP contribution in [0.2, 0.25) is 0 Å². The maximum absolute atomic E-state index is 9.82. The summed E-state index contributed by atoms with van der Waals surface area (Å²) in [6.45, 7) is 6.68. The van der Waals surface area contributed by atoms with E-state index in [-0.39, 0.29) is 12.4 Å². The lowest BCUT2D eigenvalue weighted by molar-refractivity contribution is 0.0722. The van der Waals surface area contributed by atoms with Crippen molar-refractivity contribution in [1.82, 2.24) is 5.32 Å². The number of hydrogen-bond acceptors (Lipinski definition) is 4. The minimum atomic E-state index is -0.489. The van der Waals surface area contributed by atoms with Gasteiger partial charge in [-0.05, 0) is 42.9 Å². The lowest BCUT2D eigenvalue weighted by Crippen LogP contribution is -2.35. The first kappa shape index (κ1) is 21.2. The number of hydrogen-bond donors (Lipinski definition) is 2. The van der Waals surface area contributed by atoms with Crippen molar-refractivity contribution in [2.75, 3.05) is 26.4 Å². The molecule has 0 heterocycles. The van der Waals surface area contributed by atoms with Crippen molar-refractivity contribution in [2.24, 2.45) is 5.92 Å². The van der Waals surface area contributed by atoms with Crippen LogP contribution in [0.5, 0.6) is 5.75 Å². The lowest BCUT2D eigenvalue weighted by atomic mass is 9.86. The van der Waals surface area contributed by atoms with E-state index in [2.05, 4.69) is 31.3 Å². The first-order chi connectivity index (χ1) is 11.1. The maximum atomic E-state index is 9.82. The highest BCUT2D eigenvalue weighted by molar-refractivity contribution is 5.85. The number of aliphatic hydroxyl groups excluding tert-OH is 1. The number of benzene rings is 1. The van der Waals surface area contributed by atoms with E-state index in [9.17, 15) is 5.11 Å². The molecule has 5 heteroatoms. The average Bonchev–Trinajstić information content (AvgIpc) is 2.50. The second kappa shape index (κ2) is 11.7. The van der Waals surface area contributed by atoms with Gasteiger partial charge < -0.3 is 19.9 Å². The Labute approximate surface area is 152 Å². The third-order valence-electron chi connectivity index (χ3n) is 4.24. The number of halogens is 1. The standard InChI is InChI=1S/C19H31NO3.ClH/c1-15(2)20-12-18(21)14-23-19-8-6-16(7-9-19)10-11-22-13-17-4-3-5-17;/h6-9,15,17-18,20-21H,3-5,10-14H2,1-2H3;1H. The van der Waals surface area contributed by atoms with Gasteiger partial charge >= 0.3 is 0 Å².